The SMILES string of the molecule is CCCNC(C)c1ccc(OC2CCOC2)c(OC)c1. The normalized spacial score (nSPS) is 19.9. The Labute approximate surface area is 121 Å². The Bertz CT molecular complexity index is 416. The first-order valence-electron chi connectivity index (χ1n) is 7.40. The molecular formula is C16H25NO3. The summed E-state index contributed by atoms with van der Waals surface area (Å²) in [6.07, 6.45) is 2.22. The fourth-order valence-corrected chi connectivity index (χ4v) is 2.31. The van der Waals surface area contributed by atoms with E-state index in [2.05, 4.69) is 31.3 Å². The molecule has 0 amide bonds. The van der Waals surface area contributed by atoms with Crippen molar-refractivity contribution in [1.82, 2.24) is 5.32 Å². The number of methoxy groups -OCH3 is 1. The highest BCUT2D eigenvalue weighted by Gasteiger charge is 2.19. The molecule has 1 saturated heterocycles. The third kappa shape index (κ3) is 3.87. The smallest absolute Gasteiger partial charge is 0.161 e. The average molecular weight is 279 g/mol. The van der Waals surface area contributed by atoms with Gasteiger partial charge >= 0.3 is 0 Å². The molecule has 112 valence electrons. The van der Waals surface area contributed by atoms with Gasteiger partial charge in [0.15, 0.2) is 11.5 Å². The first kappa shape index (κ1) is 15.1. The molecule has 0 bridgehead atoms. The van der Waals surface area contributed by atoms with Crippen molar-refractivity contribution in [3.8, 4) is 11.5 Å². The summed E-state index contributed by atoms with van der Waals surface area (Å²) in [5.41, 5.74) is 1.21. The molecule has 1 N–H and O–H groups in total. The minimum absolute atomic E-state index is 0.144. The number of ether oxygens (including phenoxy) is 3. The summed E-state index contributed by atoms with van der Waals surface area (Å²) in [7, 11) is 1.68. The van der Waals surface area contributed by atoms with Crippen LogP contribution >= 0.6 is 0 Å². The Hall–Kier alpha value is -1.26. The van der Waals surface area contributed by atoms with Crippen LogP contribution in [0.5, 0.6) is 11.5 Å². The van der Waals surface area contributed by atoms with Crippen molar-refractivity contribution in [2.75, 3.05) is 26.9 Å². The van der Waals surface area contributed by atoms with Gasteiger partial charge in [-0.05, 0) is 37.6 Å². The lowest BCUT2D eigenvalue weighted by Gasteiger charge is -2.18. The summed E-state index contributed by atoms with van der Waals surface area (Å²) in [5, 5.41) is 3.48. The van der Waals surface area contributed by atoms with Crippen molar-refractivity contribution < 1.29 is 14.2 Å². The van der Waals surface area contributed by atoms with Crippen LogP contribution in [0.15, 0.2) is 18.2 Å². The molecule has 2 unspecified atom stereocenters. The molecule has 1 aliphatic rings. The summed E-state index contributed by atoms with van der Waals surface area (Å²) in [6, 6.07) is 6.46. The van der Waals surface area contributed by atoms with Gasteiger partial charge < -0.3 is 19.5 Å². The molecule has 1 aromatic rings. The van der Waals surface area contributed by atoms with Crippen LogP contribution in [0.1, 0.15) is 38.3 Å². The monoisotopic (exact) mass is 279 g/mol. The van der Waals surface area contributed by atoms with E-state index in [9.17, 15) is 0 Å². The minimum atomic E-state index is 0.144. The van der Waals surface area contributed by atoms with Crippen molar-refractivity contribution in [2.45, 2.75) is 38.8 Å². The molecule has 2 atom stereocenters. The van der Waals surface area contributed by atoms with Gasteiger partial charge in [-0.2, -0.15) is 0 Å². The number of benzene rings is 1. The number of rotatable bonds is 7. The van der Waals surface area contributed by atoms with Gasteiger partial charge in [-0.25, -0.2) is 0 Å². The zero-order chi connectivity index (χ0) is 14.4. The van der Waals surface area contributed by atoms with Gasteiger partial charge in [0.1, 0.15) is 6.10 Å². The van der Waals surface area contributed by atoms with Crippen LogP contribution in [0.3, 0.4) is 0 Å². The molecule has 0 spiro atoms. The van der Waals surface area contributed by atoms with E-state index in [0.29, 0.717) is 12.6 Å². The topological polar surface area (TPSA) is 39.7 Å². The van der Waals surface area contributed by atoms with E-state index >= 15 is 0 Å². The molecule has 1 fully saturated rings. The molecule has 0 aromatic heterocycles. The Kier molecular flexibility index (Phi) is 5.68. The fraction of sp³-hybridized carbons (Fsp3) is 0.625. The third-order valence-corrected chi connectivity index (χ3v) is 3.57. The maximum Gasteiger partial charge on any atom is 0.161 e. The van der Waals surface area contributed by atoms with E-state index in [-0.39, 0.29) is 6.10 Å². The van der Waals surface area contributed by atoms with E-state index in [1.807, 2.05) is 6.07 Å². The van der Waals surface area contributed by atoms with E-state index in [0.717, 1.165) is 37.5 Å². The van der Waals surface area contributed by atoms with Crippen LogP contribution in [-0.4, -0.2) is 33.0 Å². The first-order valence-corrected chi connectivity index (χ1v) is 7.40. The fourth-order valence-electron chi connectivity index (χ4n) is 2.31. The molecule has 1 aromatic carbocycles. The molecule has 1 aliphatic heterocycles. The zero-order valence-corrected chi connectivity index (χ0v) is 12.6. The molecule has 4 heteroatoms. The second-order valence-corrected chi connectivity index (χ2v) is 5.19. The number of nitrogens with one attached hydrogen (secondary N) is 1. The van der Waals surface area contributed by atoms with Crippen molar-refractivity contribution >= 4 is 0 Å². The molecular weight excluding hydrogens is 254 g/mol. The van der Waals surface area contributed by atoms with Gasteiger partial charge in [0.05, 0.1) is 20.3 Å². The zero-order valence-electron chi connectivity index (χ0n) is 12.6. The van der Waals surface area contributed by atoms with Gasteiger partial charge in [0.25, 0.3) is 0 Å². The van der Waals surface area contributed by atoms with Crippen LogP contribution in [-0.2, 0) is 4.74 Å². The molecule has 0 radical (unpaired) electrons. The van der Waals surface area contributed by atoms with Gasteiger partial charge in [-0.1, -0.05) is 13.0 Å². The summed E-state index contributed by atoms with van der Waals surface area (Å²) >= 11 is 0. The Morgan fingerprint density at radius 1 is 1.40 bits per heavy atom. The largest absolute Gasteiger partial charge is 0.493 e. The lowest BCUT2D eigenvalue weighted by atomic mass is 10.1. The van der Waals surface area contributed by atoms with Crippen LogP contribution in [0, 0.1) is 0 Å². The predicted octanol–water partition coefficient (Wildman–Crippen LogP) is 2.92. The summed E-state index contributed by atoms with van der Waals surface area (Å²) in [4.78, 5) is 0. The maximum absolute atomic E-state index is 5.94. The Balaban J connectivity index is 2.06. The standard InChI is InChI=1S/C16H25NO3/c1-4-8-17-12(2)13-5-6-15(16(10-13)18-3)20-14-7-9-19-11-14/h5-6,10,12,14,17H,4,7-9,11H2,1-3H3. The van der Waals surface area contributed by atoms with Crippen LogP contribution < -0.4 is 14.8 Å². The third-order valence-electron chi connectivity index (χ3n) is 3.57. The quantitative estimate of drug-likeness (QED) is 0.833. The first-order chi connectivity index (χ1) is 9.74. The Morgan fingerprint density at radius 2 is 2.25 bits per heavy atom. The highest BCUT2D eigenvalue weighted by atomic mass is 16.6. The summed E-state index contributed by atoms with van der Waals surface area (Å²) in [5.74, 6) is 1.59. The van der Waals surface area contributed by atoms with E-state index in [1.165, 1.54) is 5.56 Å². The van der Waals surface area contributed by atoms with Crippen LogP contribution in [0.25, 0.3) is 0 Å². The summed E-state index contributed by atoms with van der Waals surface area (Å²) in [6.45, 7) is 6.79. The predicted molar refractivity (Wildman–Crippen MR) is 79.6 cm³/mol. The second-order valence-electron chi connectivity index (χ2n) is 5.19. The van der Waals surface area contributed by atoms with Gasteiger partial charge in [-0.3, -0.25) is 0 Å². The summed E-state index contributed by atoms with van der Waals surface area (Å²) < 4.78 is 16.7. The van der Waals surface area contributed by atoms with Gasteiger partial charge in [0.2, 0.25) is 0 Å². The minimum Gasteiger partial charge on any atom is -0.493 e. The lowest BCUT2D eigenvalue weighted by Crippen LogP contribution is -2.19. The van der Waals surface area contributed by atoms with Crippen molar-refractivity contribution in [3.05, 3.63) is 23.8 Å². The highest BCUT2D eigenvalue weighted by molar-refractivity contribution is 5.44. The van der Waals surface area contributed by atoms with Crippen molar-refractivity contribution in [1.29, 1.82) is 0 Å². The maximum atomic E-state index is 5.94. The second kappa shape index (κ2) is 7.50. The molecule has 0 saturated carbocycles. The molecule has 1 heterocycles. The van der Waals surface area contributed by atoms with Crippen molar-refractivity contribution in [2.24, 2.45) is 0 Å². The van der Waals surface area contributed by atoms with E-state index in [4.69, 9.17) is 14.2 Å². The lowest BCUT2D eigenvalue weighted by molar-refractivity contribution is 0.138. The molecule has 20 heavy (non-hydrogen) atoms. The number of hydrogen-bond donors (Lipinski definition) is 1. The molecule has 2 rings (SSSR count). The number of hydrogen-bond acceptors (Lipinski definition) is 4. The van der Waals surface area contributed by atoms with E-state index in [1.54, 1.807) is 7.11 Å². The van der Waals surface area contributed by atoms with E-state index < -0.39 is 0 Å². The average Bonchev–Trinajstić information content (AvgIpc) is 2.98. The van der Waals surface area contributed by atoms with Crippen LogP contribution in [0.4, 0.5) is 0 Å². The van der Waals surface area contributed by atoms with Crippen LogP contribution in [0.2, 0.25) is 0 Å². The molecule has 4 nitrogen and oxygen atoms in total. The Morgan fingerprint density at radius 3 is 2.90 bits per heavy atom. The highest BCUT2D eigenvalue weighted by Crippen LogP contribution is 2.32. The molecule has 0 aliphatic carbocycles. The van der Waals surface area contributed by atoms with Crippen molar-refractivity contribution in [3.63, 3.8) is 0 Å². The van der Waals surface area contributed by atoms with Gasteiger partial charge in [-0.15, -0.1) is 0 Å². The van der Waals surface area contributed by atoms with Gasteiger partial charge in [0, 0.05) is 12.5 Å².